The van der Waals surface area contributed by atoms with Crippen LogP contribution in [0.5, 0.6) is 0 Å². The number of benzene rings is 1. The zero-order valence-corrected chi connectivity index (χ0v) is 10.7. The number of cyclic esters (lactones) is 1. The Morgan fingerprint density at radius 1 is 1.35 bits per heavy atom. The molecule has 104 valence electrons. The van der Waals surface area contributed by atoms with E-state index >= 15 is 0 Å². The molecule has 0 amide bonds. The Bertz CT molecular complexity index is 564. The Morgan fingerprint density at radius 2 is 2.10 bits per heavy atom. The number of carbonyl (C=O) groups is 2. The highest BCUT2D eigenvalue weighted by Gasteiger charge is 2.23. The molecule has 1 aliphatic heterocycles. The summed E-state index contributed by atoms with van der Waals surface area (Å²) in [4.78, 5) is 26.0. The minimum absolute atomic E-state index is 0.0825. The molecule has 0 atom stereocenters. The molecular formula is C14H14N2O4. The highest BCUT2D eigenvalue weighted by atomic mass is 16.6. The van der Waals surface area contributed by atoms with Gasteiger partial charge in [0, 0.05) is 24.7 Å². The van der Waals surface area contributed by atoms with Crippen LogP contribution >= 0.6 is 0 Å². The van der Waals surface area contributed by atoms with E-state index in [9.17, 15) is 9.59 Å². The molecule has 0 spiro atoms. The lowest BCUT2D eigenvalue weighted by molar-refractivity contribution is -0.137. The molecule has 0 radical (unpaired) electrons. The number of nitrogens with one attached hydrogen (secondary N) is 1. The van der Waals surface area contributed by atoms with Crippen molar-refractivity contribution < 1.29 is 19.4 Å². The van der Waals surface area contributed by atoms with Gasteiger partial charge >= 0.3 is 11.9 Å². The van der Waals surface area contributed by atoms with Crippen LogP contribution in [0.4, 0.5) is 0 Å². The van der Waals surface area contributed by atoms with Crippen LogP contribution in [0.2, 0.25) is 0 Å². The average Bonchev–Trinajstić information content (AvgIpc) is 2.81. The number of carboxylic acids is 1. The molecule has 2 N–H and O–H groups in total. The Labute approximate surface area is 115 Å². The fraction of sp³-hybridized carbons (Fsp3) is 0.214. The van der Waals surface area contributed by atoms with Crippen LogP contribution in [-0.4, -0.2) is 29.5 Å². The second kappa shape index (κ2) is 6.51. The molecule has 0 saturated carbocycles. The molecule has 0 aromatic heterocycles. The van der Waals surface area contributed by atoms with Crippen molar-refractivity contribution in [2.45, 2.75) is 12.8 Å². The van der Waals surface area contributed by atoms with E-state index in [1.165, 1.54) is 6.20 Å². The Balaban J connectivity index is 1.93. The fourth-order valence-electron chi connectivity index (χ4n) is 1.62. The van der Waals surface area contributed by atoms with Crippen LogP contribution < -0.4 is 5.32 Å². The molecule has 1 aromatic carbocycles. The third-order valence-electron chi connectivity index (χ3n) is 2.59. The largest absolute Gasteiger partial charge is 0.481 e. The molecule has 6 heteroatoms. The monoisotopic (exact) mass is 274 g/mol. The maximum Gasteiger partial charge on any atom is 0.365 e. The highest BCUT2D eigenvalue weighted by Crippen LogP contribution is 2.15. The van der Waals surface area contributed by atoms with Crippen LogP contribution in [0.25, 0.3) is 0 Å². The van der Waals surface area contributed by atoms with Gasteiger partial charge in [0.15, 0.2) is 5.70 Å². The number of hydrogen-bond acceptors (Lipinski definition) is 5. The van der Waals surface area contributed by atoms with E-state index in [-0.39, 0.29) is 18.0 Å². The summed E-state index contributed by atoms with van der Waals surface area (Å²) < 4.78 is 5.06. The van der Waals surface area contributed by atoms with Crippen molar-refractivity contribution >= 4 is 17.8 Å². The number of ether oxygens (including phenoxy) is 1. The summed E-state index contributed by atoms with van der Waals surface area (Å²) in [5.74, 6) is -1.09. The van der Waals surface area contributed by atoms with Crippen molar-refractivity contribution in [2.75, 3.05) is 6.54 Å². The molecule has 0 aliphatic carbocycles. The molecule has 1 heterocycles. The van der Waals surface area contributed by atoms with Gasteiger partial charge < -0.3 is 15.2 Å². The molecule has 20 heavy (non-hydrogen) atoms. The number of esters is 1. The van der Waals surface area contributed by atoms with Crippen molar-refractivity contribution in [3.05, 3.63) is 47.8 Å². The van der Waals surface area contributed by atoms with Gasteiger partial charge in [0.25, 0.3) is 0 Å². The quantitative estimate of drug-likeness (QED) is 0.463. The van der Waals surface area contributed by atoms with E-state index in [1.54, 1.807) is 12.1 Å². The standard InChI is InChI=1S/C14H14N2O4/c17-12(18)7-4-8-15-9-11-14(19)20-13(16-11)10-5-2-1-3-6-10/h1-3,5-6,9,15H,4,7-8H2,(H,17,18)/b11-9-. The van der Waals surface area contributed by atoms with Gasteiger partial charge in [0.1, 0.15) is 0 Å². The summed E-state index contributed by atoms with van der Waals surface area (Å²) in [5, 5.41) is 11.3. The molecule has 6 nitrogen and oxygen atoms in total. The highest BCUT2D eigenvalue weighted by molar-refractivity contribution is 6.11. The molecular weight excluding hydrogens is 260 g/mol. The van der Waals surface area contributed by atoms with E-state index in [2.05, 4.69) is 10.3 Å². The zero-order chi connectivity index (χ0) is 14.4. The summed E-state index contributed by atoms with van der Waals surface area (Å²) in [5.41, 5.74) is 0.911. The van der Waals surface area contributed by atoms with Crippen molar-refractivity contribution in [3.8, 4) is 0 Å². The topological polar surface area (TPSA) is 88.0 Å². The predicted molar refractivity (Wildman–Crippen MR) is 72.0 cm³/mol. The first-order valence-electron chi connectivity index (χ1n) is 6.18. The summed E-state index contributed by atoms with van der Waals surface area (Å²) in [7, 11) is 0. The number of carboxylic acid groups (broad SMARTS) is 1. The number of carbonyl (C=O) groups excluding carboxylic acids is 1. The lowest BCUT2D eigenvalue weighted by atomic mass is 10.2. The third-order valence-corrected chi connectivity index (χ3v) is 2.59. The lowest BCUT2D eigenvalue weighted by Gasteiger charge is -1.98. The third kappa shape index (κ3) is 3.68. The summed E-state index contributed by atoms with van der Waals surface area (Å²) in [6.07, 6.45) is 2.00. The minimum Gasteiger partial charge on any atom is -0.481 e. The predicted octanol–water partition coefficient (Wildman–Crippen LogP) is 1.29. The van der Waals surface area contributed by atoms with Crippen LogP contribution in [0, 0.1) is 0 Å². The van der Waals surface area contributed by atoms with E-state index in [4.69, 9.17) is 9.84 Å². The molecule has 0 unspecified atom stereocenters. The van der Waals surface area contributed by atoms with E-state index in [1.807, 2.05) is 18.2 Å². The minimum atomic E-state index is -0.843. The van der Waals surface area contributed by atoms with Gasteiger partial charge in [0.05, 0.1) is 0 Å². The van der Waals surface area contributed by atoms with Gasteiger partial charge in [0.2, 0.25) is 5.90 Å². The molecule has 0 fully saturated rings. The number of rotatable bonds is 6. The second-order valence-electron chi connectivity index (χ2n) is 4.15. The van der Waals surface area contributed by atoms with E-state index in [0.29, 0.717) is 13.0 Å². The second-order valence-corrected chi connectivity index (χ2v) is 4.15. The van der Waals surface area contributed by atoms with Crippen LogP contribution in [-0.2, 0) is 14.3 Å². The number of aliphatic carboxylic acids is 1. The van der Waals surface area contributed by atoms with Crippen LogP contribution in [0.1, 0.15) is 18.4 Å². The van der Waals surface area contributed by atoms with Crippen molar-refractivity contribution in [2.24, 2.45) is 4.99 Å². The fourth-order valence-corrected chi connectivity index (χ4v) is 1.62. The van der Waals surface area contributed by atoms with Gasteiger partial charge in [-0.1, -0.05) is 18.2 Å². The first kappa shape index (κ1) is 13.8. The van der Waals surface area contributed by atoms with Crippen molar-refractivity contribution in [1.82, 2.24) is 5.32 Å². The SMILES string of the molecule is O=C(O)CCCN/C=C1\N=C(c2ccccc2)OC1=O. The normalized spacial score (nSPS) is 15.9. The van der Waals surface area contributed by atoms with E-state index < -0.39 is 11.9 Å². The zero-order valence-electron chi connectivity index (χ0n) is 10.7. The lowest BCUT2D eigenvalue weighted by Crippen LogP contribution is -2.11. The smallest absolute Gasteiger partial charge is 0.365 e. The average molecular weight is 274 g/mol. The molecule has 1 aliphatic rings. The number of aliphatic imine (C=N–C) groups is 1. The van der Waals surface area contributed by atoms with Crippen LogP contribution in [0.15, 0.2) is 47.2 Å². The summed E-state index contributed by atoms with van der Waals surface area (Å²) in [6, 6.07) is 9.13. The van der Waals surface area contributed by atoms with E-state index in [0.717, 1.165) is 5.56 Å². The van der Waals surface area contributed by atoms with Gasteiger partial charge in [-0.05, 0) is 18.6 Å². The molecule has 1 aromatic rings. The Hall–Kier alpha value is -2.63. The Kier molecular flexibility index (Phi) is 4.49. The first-order chi connectivity index (χ1) is 9.66. The van der Waals surface area contributed by atoms with Gasteiger partial charge in [-0.3, -0.25) is 4.79 Å². The summed E-state index contributed by atoms with van der Waals surface area (Å²) >= 11 is 0. The molecule has 0 bridgehead atoms. The Morgan fingerprint density at radius 3 is 2.80 bits per heavy atom. The van der Waals surface area contributed by atoms with Gasteiger partial charge in [-0.2, -0.15) is 0 Å². The van der Waals surface area contributed by atoms with Crippen molar-refractivity contribution in [3.63, 3.8) is 0 Å². The van der Waals surface area contributed by atoms with Crippen LogP contribution in [0.3, 0.4) is 0 Å². The van der Waals surface area contributed by atoms with Crippen molar-refractivity contribution in [1.29, 1.82) is 0 Å². The maximum atomic E-state index is 11.6. The molecule has 0 saturated heterocycles. The number of hydrogen-bond donors (Lipinski definition) is 2. The first-order valence-corrected chi connectivity index (χ1v) is 6.18. The van der Waals surface area contributed by atoms with Gasteiger partial charge in [-0.15, -0.1) is 0 Å². The summed E-state index contributed by atoms with van der Waals surface area (Å²) in [6.45, 7) is 0.458. The maximum absolute atomic E-state index is 11.6. The number of nitrogens with zero attached hydrogens (tertiary/aromatic N) is 1. The molecule has 2 rings (SSSR count). The van der Waals surface area contributed by atoms with Gasteiger partial charge in [-0.25, -0.2) is 9.79 Å².